The third kappa shape index (κ3) is 2.08. The van der Waals surface area contributed by atoms with Crippen LogP contribution >= 0.6 is 11.6 Å². The van der Waals surface area contributed by atoms with Crippen LogP contribution in [-0.2, 0) is 4.79 Å². The summed E-state index contributed by atoms with van der Waals surface area (Å²) >= 11 is 5.72. The highest BCUT2D eigenvalue weighted by Gasteiger charge is 2.29. The lowest BCUT2D eigenvalue weighted by atomic mass is 10.3. The number of hydrogen-bond acceptors (Lipinski definition) is 4. The van der Waals surface area contributed by atoms with Crippen molar-refractivity contribution in [3.05, 3.63) is 17.0 Å². The maximum atomic E-state index is 11.6. The van der Waals surface area contributed by atoms with E-state index in [9.17, 15) is 4.79 Å². The molecule has 0 aromatic carbocycles. The van der Waals surface area contributed by atoms with Gasteiger partial charge in [0.25, 0.3) is 0 Å². The summed E-state index contributed by atoms with van der Waals surface area (Å²) in [7, 11) is 0. The summed E-state index contributed by atoms with van der Waals surface area (Å²) in [6.45, 7) is 2.29. The SMILES string of the molecule is Cc1cc(N2CC(N)CC2=O)nc(Cl)n1. The molecule has 80 valence electrons. The van der Waals surface area contributed by atoms with Gasteiger partial charge in [-0.1, -0.05) is 0 Å². The Labute approximate surface area is 92.3 Å². The lowest BCUT2D eigenvalue weighted by Gasteiger charge is -2.15. The Kier molecular flexibility index (Phi) is 2.58. The standard InChI is InChI=1S/C9H11ClN4O/c1-5-2-7(13-9(10)12-5)14-4-6(11)3-8(14)15/h2,6H,3-4,11H2,1H3. The fraction of sp³-hybridized carbons (Fsp3) is 0.444. The Bertz CT molecular complexity index is 389. The molecule has 1 aromatic heterocycles. The van der Waals surface area contributed by atoms with Gasteiger partial charge < -0.3 is 5.73 Å². The molecule has 2 heterocycles. The summed E-state index contributed by atoms with van der Waals surface area (Å²) in [5.74, 6) is 0.516. The van der Waals surface area contributed by atoms with Gasteiger partial charge in [-0.25, -0.2) is 9.97 Å². The van der Waals surface area contributed by atoms with Crippen molar-refractivity contribution < 1.29 is 4.79 Å². The summed E-state index contributed by atoms with van der Waals surface area (Å²) < 4.78 is 0. The van der Waals surface area contributed by atoms with Gasteiger partial charge in [0, 0.05) is 30.8 Å². The quantitative estimate of drug-likeness (QED) is 0.708. The van der Waals surface area contributed by atoms with Crippen LogP contribution in [0.5, 0.6) is 0 Å². The minimum absolute atomic E-state index is 0.0170. The molecule has 0 bridgehead atoms. The molecule has 5 nitrogen and oxygen atoms in total. The van der Waals surface area contributed by atoms with Crippen molar-refractivity contribution in [2.75, 3.05) is 11.4 Å². The summed E-state index contributed by atoms with van der Waals surface area (Å²) in [5.41, 5.74) is 6.42. The molecular weight excluding hydrogens is 216 g/mol. The fourth-order valence-corrected chi connectivity index (χ4v) is 1.83. The normalized spacial score (nSPS) is 21.1. The third-order valence-corrected chi connectivity index (χ3v) is 2.41. The molecule has 1 aliphatic heterocycles. The smallest absolute Gasteiger partial charge is 0.229 e. The molecule has 1 saturated heterocycles. The first-order chi connectivity index (χ1) is 7.06. The highest BCUT2D eigenvalue weighted by atomic mass is 35.5. The van der Waals surface area contributed by atoms with Crippen LogP contribution in [0.1, 0.15) is 12.1 Å². The first-order valence-corrected chi connectivity index (χ1v) is 5.01. The summed E-state index contributed by atoms with van der Waals surface area (Å²) in [6.07, 6.45) is 0.362. The molecule has 15 heavy (non-hydrogen) atoms. The van der Waals surface area contributed by atoms with Gasteiger partial charge in [0.1, 0.15) is 5.82 Å². The van der Waals surface area contributed by atoms with Crippen molar-refractivity contribution >= 4 is 23.3 Å². The van der Waals surface area contributed by atoms with Gasteiger partial charge >= 0.3 is 0 Å². The van der Waals surface area contributed by atoms with Crippen molar-refractivity contribution in [2.24, 2.45) is 5.73 Å². The van der Waals surface area contributed by atoms with E-state index in [1.54, 1.807) is 17.9 Å². The van der Waals surface area contributed by atoms with E-state index in [1.807, 2.05) is 0 Å². The van der Waals surface area contributed by atoms with Gasteiger partial charge in [0.05, 0.1) is 0 Å². The monoisotopic (exact) mass is 226 g/mol. The lowest BCUT2D eigenvalue weighted by molar-refractivity contribution is -0.117. The molecule has 6 heteroatoms. The van der Waals surface area contributed by atoms with Crippen LogP contribution in [0.2, 0.25) is 5.28 Å². The van der Waals surface area contributed by atoms with Crippen molar-refractivity contribution in [3.63, 3.8) is 0 Å². The zero-order chi connectivity index (χ0) is 11.0. The molecule has 1 amide bonds. The Morgan fingerprint density at radius 2 is 2.33 bits per heavy atom. The second kappa shape index (κ2) is 3.75. The number of rotatable bonds is 1. The maximum Gasteiger partial charge on any atom is 0.229 e. The predicted octanol–water partition coefficient (Wildman–Crippen LogP) is 0.502. The molecule has 2 N–H and O–H groups in total. The van der Waals surface area contributed by atoms with E-state index >= 15 is 0 Å². The summed E-state index contributed by atoms with van der Waals surface area (Å²) in [6, 6.07) is 1.61. The molecule has 2 rings (SSSR count). The average molecular weight is 227 g/mol. The number of carbonyl (C=O) groups is 1. The molecule has 0 spiro atoms. The van der Waals surface area contributed by atoms with Crippen LogP contribution in [0, 0.1) is 6.92 Å². The second-order valence-corrected chi connectivity index (χ2v) is 3.94. The zero-order valence-corrected chi connectivity index (χ0v) is 9.03. The minimum atomic E-state index is -0.119. The lowest BCUT2D eigenvalue weighted by Crippen LogP contribution is -2.28. The first kappa shape index (κ1) is 10.3. The van der Waals surface area contributed by atoms with Crippen molar-refractivity contribution in [2.45, 2.75) is 19.4 Å². The number of aromatic nitrogens is 2. The van der Waals surface area contributed by atoms with Gasteiger partial charge in [-0.05, 0) is 18.5 Å². The highest BCUT2D eigenvalue weighted by molar-refractivity contribution is 6.28. The van der Waals surface area contributed by atoms with Crippen molar-refractivity contribution in [3.8, 4) is 0 Å². The fourth-order valence-electron chi connectivity index (χ4n) is 1.61. The van der Waals surface area contributed by atoms with Gasteiger partial charge in [-0.3, -0.25) is 9.69 Å². The van der Waals surface area contributed by atoms with E-state index < -0.39 is 0 Å². The van der Waals surface area contributed by atoms with Crippen LogP contribution in [0.25, 0.3) is 0 Å². The van der Waals surface area contributed by atoms with Crippen LogP contribution in [0.3, 0.4) is 0 Å². The van der Waals surface area contributed by atoms with Gasteiger partial charge in [0.15, 0.2) is 0 Å². The largest absolute Gasteiger partial charge is 0.326 e. The van der Waals surface area contributed by atoms with E-state index in [-0.39, 0.29) is 17.2 Å². The number of hydrogen-bond donors (Lipinski definition) is 1. The van der Waals surface area contributed by atoms with E-state index in [1.165, 1.54) is 0 Å². The minimum Gasteiger partial charge on any atom is -0.326 e. The highest BCUT2D eigenvalue weighted by Crippen LogP contribution is 2.20. The van der Waals surface area contributed by atoms with E-state index in [0.717, 1.165) is 5.69 Å². The number of halogens is 1. The Morgan fingerprint density at radius 1 is 1.60 bits per heavy atom. The first-order valence-electron chi connectivity index (χ1n) is 4.63. The Balaban J connectivity index is 2.33. The van der Waals surface area contributed by atoms with Crippen LogP contribution in [-0.4, -0.2) is 28.5 Å². The molecule has 1 atom stereocenters. The van der Waals surface area contributed by atoms with Crippen molar-refractivity contribution in [1.29, 1.82) is 0 Å². The Morgan fingerprint density at radius 3 is 2.87 bits per heavy atom. The molecule has 1 aromatic rings. The van der Waals surface area contributed by atoms with Crippen LogP contribution in [0.4, 0.5) is 5.82 Å². The molecule has 0 saturated carbocycles. The summed E-state index contributed by atoms with van der Waals surface area (Å²) in [4.78, 5) is 21.0. The number of nitrogens with two attached hydrogens (primary N) is 1. The van der Waals surface area contributed by atoms with Crippen LogP contribution in [0.15, 0.2) is 6.07 Å². The molecular formula is C9H11ClN4O. The average Bonchev–Trinajstić information content (AvgIpc) is 2.43. The van der Waals surface area contributed by atoms with Gasteiger partial charge in [-0.2, -0.15) is 0 Å². The zero-order valence-electron chi connectivity index (χ0n) is 8.27. The second-order valence-electron chi connectivity index (χ2n) is 3.61. The number of nitrogens with zero attached hydrogens (tertiary/aromatic N) is 3. The van der Waals surface area contributed by atoms with Gasteiger partial charge in [0.2, 0.25) is 11.2 Å². The molecule has 1 aliphatic rings. The molecule has 0 radical (unpaired) electrons. The van der Waals surface area contributed by atoms with Crippen LogP contribution < -0.4 is 10.6 Å². The molecule has 0 aliphatic carbocycles. The maximum absolute atomic E-state index is 11.6. The van der Waals surface area contributed by atoms with Crippen molar-refractivity contribution in [1.82, 2.24) is 9.97 Å². The molecule has 1 fully saturated rings. The van der Waals surface area contributed by atoms with E-state index in [4.69, 9.17) is 17.3 Å². The third-order valence-electron chi connectivity index (χ3n) is 2.24. The van der Waals surface area contributed by atoms with E-state index in [2.05, 4.69) is 9.97 Å². The Hall–Kier alpha value is -1.20. The number of anilines is 1. The molecule has 1 unspecified atom stereocenters. The number of aryl methyl sites for hydroxylation is 1. The summed E-state index contributed by atoms with van der Waals surface area (Å²) in [5, 5.41) is 0.151. The van der Waals surface area contributed by atoms with E-state index in [0.29, 0.717) is 18.8 Å². The topological polar surface area (TPSA) is 72.1 Å². The predicted molar refractivity (Wildman–Crippen MR) is 56.7 cm³/mol. The number of amides is 1. The number of carbonyl (C=O) groups excluding carboxylic acids is 1. The van der Waals surface area contributed by atoms with Gasteiger partial charge in [-0.15, -0.1) is 0 Å².